The van der Waals surface area contributed by atoms with E-state index < -0.39 is 16.8 Å². The highest BCUT2D eigenvalue weighted by molar-refractivity contribution is 5.64. The van der Waals surface area contributed by atoms with Crippen molar-refractivity contribution in [1.29, 1.82) is 0 Å². The first-order valence-electron chi connectivity index (χ1n) is 7.19. The van der Waals surface area contributed by atoms with Crippen LogP contribution in [0.15, 0.2) is 24.3 Å². The number of ether oxygens (including phenoxy) is 3. The van der Waals surface area contributed by atoms with E-state index in [9.17, 15) is 10.1 Å². The Morgan fingerprint density at radius 1 is 1.23 bits per heavy atom. The molecule has 6 heteroatoms. The van der Waals surface area contributed by atoms with Crippen LogP contribution in [0.3, 0.4) is 0 Å². The minimum atomic E-state index is -0.750. The Hall–Kier alpha value is -1.92. The summed E-state index contributed by atoms with van der Waals surface area (Å²) in [6.45, 7) is 7.24. The molecule has 1 fully saturated rings. The van der Waals surface area contributed by atoms with Gasteiger partial charge in [-0.25, -0.2) is 0 Å². The second-order valence-corrected chi connectivity index (χ2v) is 6.72. The monoisotopic (exact) mass is 305 g/mol. The van der Waals surface area contributed by atoms with Gasteiger partial charge in [-0.15, -0.1) is 0 Å². The maximum Gasteiger partial charge on any atom is 0.270 e. The first-order valence-corrected chi connectivity index (χ1v) is 7.19. The van der Waals surface area contributed by atoms with Crippen molar-refractivity contribution in [3.8, 4) is 5.75 Å². The highest BCUT2D eigenvalue weighted by Gasteiger charge is 2.43. The Balaban J connectivity index is 1.81. The standard InChI is InChI=1S/C16H19NO5/c1-15(2)9-20-14(21-10-15)16(3)7-6-11-8-12(17(18)19)4-5-13(11)22-16/h4-8,14H,9-10H2,1-3H3/t16-/m0/s1. The fraction of sp³-hybridized carbons (Fsp3) is 0.500. The fourth-order valence-electron chi connectivity index (χ4n) is 2.55. The number of nitro benzene ring substituents is 1. The summed E-state index contributed by atoms with van der Waals surface area (Å²) in [5, 5.41) is 10.8. The van der Waals surface area contributed by atoms with E-state index in [1.807, 2.05) is 19.1 Å². The second kappa shape index (κ2) is 5.07. The first-order chi connectivity index (χ1) is 10.3. The van der Waals surface area contributed by atoms with E-state index in [4.69, 9.17) is 14.2 Å². The molecule has 6 nitrogen and oxygen atoms in total. The average Bonchev–Trinajstić information content (AvgIpc) is 2.46. The van der Waals surface area contributed by atoms with Gasteiger partial charge in [-0.2, -0.15) is 0 Å². The van der Waals surface area contributed by atoms with Crippen LogP contribution >= 0.6 is 0 Å². The van der Waals surface area contributed by atoms with Crippen molar-refractivity contribution in [3.63, 3.8) is 0 Å². The molecule has 0 aliphatic carbocycles. The summed E-state index contributed by atoms with van der Waals surface area (Å²) in [7, 11) is 0. The molecular formula is C16H19NO5. The fourth-order valence-corrected chi connectivity index (χ4v) is 2.55. The molecular weight excluding hydrogens is 286 g/mol. The topological polar surface area (TPSA) is 70.8 Å². The van der Waals surface area contributed by atoms with Crippen molar-refractivity contribution >= 4 is 11.8 Å². The summed E-state index contributed by atoms with van der Waals surface area (Å²) in [5.74, 6) is 0.590. The van der Waals surface area contributed by atoms with E-state index in [1.165, 1.54) is 12.1 Å². The van der Waals surface area contributed by atoms with Gasteiger partial charge in [0.2, 0.25) is 6.29 Å². The van der Waals surface area contributed by atoms with Crippen molar-refractivity contribution < 1.29 is 19.1 Å². The Morgan fingerprint density at radius 2 is 1.91 bits per heavy atom. The van der Waals surface area contributed by atoms with E-state index in [-0.39, 0.29) is 11.1 Å². The van der Waals surface area contributed by atoms with Crippen LogP contribution in [0.4, 0.5) is 5.69 Å². The molecule has 1 aromatic rings. The summed E-state index contributed by atoms with van der Waals surface area (Å²) >= 11 is 0. The maximum atomic E-state index is 10.8. The number of hydrogen-bond acceptors (Lipinski definition) is 5. The molecule has 0 amide bonds. The predicted octanol–water partition coefficient (Wildman–Crippen LogP) is 3.16. The lowest BCUT2D eigenvalue weighted by Crippen LogP contribution is -2.52. The Bertz CT molecular complexity index is 629. The van der Waals surface area contributed by atoms with E-state index in [0.29, 0.717) is 24.5 Å². The lowest BCUT2D eigenvalue weighted by Gasteiger charge is -2.43. The van der Waals surface area contributed by atoms with Crippen molar-refractivity contribution in [1.82, 2.24) is 0 Å². The Morgan fingerprint density at radius 3 is 2.55 bits per heavy atom. The summed E-state index contributed by atoms with van der Waals surface area (Å²) in [6, 6.07) is 4.54. The van der Waals surface area contributed by atoms with Crippen LogP contribution in [0, 0.1) is 15.5 Å². The number of non-ortho nitro benzene ring substituents is 1. The van der Waals surface area contributed by atoms with Gasteiger partial charge in [-0.3, -0.25) is 10.1 Å². The van der Waals surface area contributed by atoms with Gasteiger partial charge >= 0.3 is 0 Å². The number of hydrogen-bond donors (Lipinski definition) is 0. The van der Waals surface area contributed by atoms with Gasteiger partial charge in [-0.05, 0) is 19.1 Å². The van der Waals surface area contributed by atoms with Crippen LogP contribution < -0.4 is 4.74 Å². The summed E-state index contributed by atoms with van der Waals surface area (Å²) < 4.78 is 17.6. The molecule has 0 aromatic heterocycles. The number of nitrogens with zero attached hydrogens (tertiary/aromatic N) is 1. The molecule has 2 aliphatic rings. The first kappa shape index (κ1) is 15.0. The number of nitro groups is 1. The third-order valence-corrected chi connectivity index (χ3v) is 3.85. The van der Waals surface area contributed by atoms with Crippen molar-refractivity contribution in [2.75, 3.05) is 13.2 Å². The molecule has 0 spiro atoms. The number of rotatable bonds is 2. The molecule has 1 aromatic carbocycles. The zero-order valence-electron chi connectivity index (χ0n) is 12.9. The van der Waals surface area contributed by atoms with Gasteiger partial charge in [0.25, 0.3) is 5.69 Å². The largest absolute Gasteiger partial charge is 0.477 e. The zero-order chi connectivity index (χ0) is 16.0. The maximum absolute atomic E-state index is 10.8. The highest BCUT2D eigenvalue weighted by Crippen LogP contribution is 2.38. The molecule has 2 aliphatic heterocycles. The lowest BCUT2D eigenvalue weighted by atomic mass is 9.93. The third kappa shape index (κ3) is 2.71. The Kier molecular flexibility index (Phi) is 3.45. The minimum Gasteiger partial charge on any atom is -0.477 e. The van der Waals surface area contributed by atoms with Crippen LogP contribution in [0.25, 0.3) is 6.08 Å². The lowest BCUT2D eigenvalue weighted by molar-refractivity contribution is -0.384. The molecule has 0 saturated carbocycles. The highest BCUT2D eigenvalue weighted by atomic mass is 16.7. The predicted molar refractivity (Wildman–Crippen MR) is 80.6 cm³/mol. The van der Waals surface area contributed by atoms with Crippen LogP contribution in [-0.4, -0.2) is 30.0 Å². The molecule has 22 heavy (non-hydrogen) atoms. The number of benzene rings is 1. The summed E-state index contributed by atoms with van der Waals surface area (Å²) in [5.41, 5.74) is -0.0334. The smallest absolute Gasteiger partial charge is 0.270 e. The van der Waals surface area contributed by atoms with Crippen molar-refractivity contribution in [3.05, 3.63) is 40.0 Å². The van der Waals surface area contributed by atoms with Gasteiger partial charge < -0.3 is 14.2 Å². The molecule has 0 N–H and O–H groups in total. The van der Waals surface area contributed by atoms with Gasteiger partial charge in [0.15, 0.2) is 5.60 Å². The minimum absolute atomic E-state index is 0.0102. The molecule has 118 valence electrons. The van der Waals surface area contributed by atoms with E-state index in [0.717, 1.165) is 0 Å². The van der Waals surface area contributed by atoms with Gasteiger partial charge in [-0.1, -0.05) is 19.9 Å². The summed E-state index contributed by atoms with van der Waals surface area (Å²) in [4.78, 5) is 10.4. The average molecular weight is 305 g/mol. The zero-order valence-corrected chi connectivity index (χ0v) is 12.9. The van der Waals surface area contributed by atoms with Crippen LogP contribution in [-0.2, 0) is 9.47 Å². The molecule has 0 unspecified atom stereocenters. The molecule has 0 bridgehead atoms. The normalized spacial score (nSPS) is 27.0. The molecule has 1 saturated heterocycles. The molecule has 3 rings (SSSR count). The van der Waals surface area contributed by atoms with Crippen LogP contribution in [0.2, 0.25) is 0 Å². The van der Waals surface area contributed by atoms with Crippen LogP contribution in [0.5, 0.6) is 5.75 Å². The third-order valence-electron chi connectivity index (χ3n) is 3.85. The van der Waals surface area contributed by atoms with E-state index >= 15 is 0 Å². The van der Waals surface area contributed by atoms with E-state index in [2.05, 4.69) is 13.8 Å². The molecule has 1 atom stereocenters. The van der Waals surface area contributed by atoms with Crippen molar-refractivity contribution in [2.24, 2.45) is 5.41 Å². The van der Waals surface area contributed by atoms with Crippen molar-refractivity contribution in [2.45, 2.75) is 32.7 Å². The second-order valence-electron chi connectivity index (χ2n) is 6.72. The van der Waals surface area contributed by atoms with Crippen LogP contribution in [0.1, 0.15) is 26.3 Å². The van der Waals surface area contributed by atoms with Gasteiger partial charge in [0, 0.05) is 23.1 Å². The van der Waals surface area contributed by atoms with Gasteiger partial charge in [0.1, 0.15) is 5.75 Å². The molecule has 2 heterocycles. The van der Waals surface area contributed by atoms with Gasteiger partial charge in [0.05, 0.1) is 18.1 Å². The molecule has 0 radical (unpaired) electrons. The Labute approximate surface area is 128 Å². The van der Waals surface area contributed by atoms with E-state index in [1.54, 1.807) is 6.07 Å². The summed E-state index contributed by atoms with van der Waals surface area (Å²) in [6.07, 6.45) is 3.15. The number of fused-ring (bicyclic) bond motifs is 1. The SMILES string of the molecule is CC1(C)COC([C@]2(C)C=Cc3cc([N+](=O)[O-])ccc3O2)OC1. The quantitative estimate of drug-likeness (QED) is 0.620.